The van der Waals surface area contributed by atoms with Crippen LogP contribution in [0.15, 0.2) is 16.6 Å². The van der Waals surface area contributed by atoms with Crippen molar-refractivity contribution in [1.29, 1.82) is 0 Å². The highest BCUT2D eigenvalue weighted by molar-refractivity contribution is 9.10. The Morgan fingerprint density at radius 1 is 1.55 bits per heavy atom. The fourth-order valence-electron chi connectivity index (χ4n) is 1.49. The van der Waals surface area contributed by atoms with Crippen molar-refractivity contribution in [3.05, 3.63) is 22.2 Å². The molecule has 0 aliphatic heterocycles. The minimum atomic E-state index is -3.89. The number of benzene rings is 1. The molecule has 1 atom stereocenters. The number of phenols is 1. The zero-order chi connectivity index (χ0) is 15.5. The van der Waals surface area contributed by atoms with E-state index in [1.165, 1.54) is 20.1 Å². The van der Waals surface area contributed by atoms with E-state index in [1.54, 1.807) is 0 Å². The number of phenolic OH excluding ortho intramolecular Hbond substituents is 1. The fraction of sp³-hybridized carbons (Fsp3) is 0.417. The van der Waals surface area contributed by atoms with Crippen LogP contribution >= 0.6 is 15.9 Å². The highest BCUT2D eigenvalue weighted by Gasteiger charge is 2.48. The quantitative estimate of drug-likeness (QED) is 0.794. The molecule has 1 rings (SSSR count). The van der Waals surface area contributed by atoms with Gasteiger partial charge in [0.15, 0.2) is 11.5 Å². The molecule has 0 aromatic heterocycles. The van der Waals surface area contributed by atoms with Crippen molar-refractivity contribution in [2.24, 2.45) is 5.73 Å². The number of halogens is 3. The van der Waals surface area contributed by atoms with Gasteiger partial charge in [-0.05, 0) is 40.5 Å². The van der Waals surface area contributed by atoms with Crippen molar-refractivity contribution < 1.29 is 28.2 Å². The average Bonchev–Trinajstić information content (AvgIpc) is 2.41. The molecular formula is C12H14BrF2NO4. The lowest BCUT2D eigenvalue weighted by molar-refractivity contribution is -0.174. The molecule has 0 saturated heterocycles. The summed E-state index contributed by atoms with van der Waals surface area (Å²) in [6.45, 7) is 1.24. The monoisotopic (exact) mass is 353 g/mol. The van der Waals surface area contributed by atoms with Gasteiger partial charge >= 0.3 is 11.9 Å². The molecule has 8 heteroatoms. The smallest absolute Gasteiger partial charge is 0.379 e. The van der Waals surface area contributed by atoms with Gasteiger partial charge in [-0.2, -0.15) is 8.78 Å². The minimum Gasteiger partial charge on any atom is -0.503 e. The second-order valence-electron chi connectivity index (χ2n) is 3.87. The standard InChI is InChI=1S/C12H14BrF2NO4/c1-3-20-11(18)12(14,15)10(16)6-4-7(13)9(17)8(5-6)19-2/h4-5,10,17H,3,16H2,1-2H3/t10-/m0/s1. The zero-order valence-corrected chi connectivity index (χ0v) is 12.4. The van der Waals surface area contributed by atoms with Crippen LogP contribution in [0, 0.1) is 0 Å². The molecule has 1 aromatic carbocycles. The van der Waals surface area contributed by atoms with Crippen molar-refractivity contribution in [2.75, 3.05) is 13.7 Å². The van der Waals surface area contributed by atoms with Gasteiger partial charge in [0, 0.05) is 0 Å². The Hall–Kier alpha value is -1.41. The van der Waals surface area contributed by atoms with Gasteiger partial charge in [0.25, 0.3) is 0 Å². The Kier molecular flexibility index (Phi) is 5.29. The Morgan fingerprint density at radius 3 is 2.65 bits per heavy atom. The third-order valence-corrected chi connectivity index (χ3v) is 3.17. The van der Waals surface area contributed by atoms with Gasteiger partial charge in [-0.25, -0.2) is 4.79 Å². The van der Waals surface area contributed by atoms with Crippen molar-refractivity contribution >= 4 is 21.9 Å². The summed E-state index contributed by atoms with van der Waals surface area (Å²) in [4.78, 5) is 11.2. The predicted octanol–water partition coefficient (Wildman–Crippen LogP) is 2.36. The summed E-state index contributed by atoms with van der Waals surface area (Å²) >= 11 is 2.99. The van der Waals surface area contributed by atoms with E-state index in [0.29, 0.717) is 0 Å². The van der Waals surface area contributed by atoms with Gasteiger partial charge < -0.3 is 20.3 Å². The van der Waals surface area contributed by atoms with Crippen LogP contribution in [0.1, 0.15) is 18.5 Å². The molecule has 0 aliphatic rings. The Bertz CT molecular complexity index is 510. The lowest BCUT2D eigenvalue weighted by Crippen LogP contribution is -2.41. The van der Waals surface area contributed by atoms with Crippen LogP contribution in [-0.2, 0) is 9.53 Å². The lowest BCUT2D eigenvalue weighted by Gasteiger charge is -2.22. The van der Waals surface area contributed by atoms with Crippen LogP contribution in [0.3, 0.4) is 0 Å². The molecule has 0 spiro atoms. The summed E-state index contributed by atoms with van der Waals surface area (Å²) in [5, 5.41) is 9.61. The second kappa shape index (κ2) is 6.36. The number of esters is 1. The summed E-state index contributed by atoms with van der Waals surface area (Å²) in [6.07, 6.45) is 0. The average molecular weight is 354 g/mol. The highest BCUT2D eigenvalue weighted by atomic mass is 79.9. The molecule has 0 fully saturated rings. The number of alkyl halides is 2. The molecule has 0 radical (unpaired) electrons. The molecule has 0 saturated carbocycles. The molecule has 0 unspecified atom stereocenters. The Labute approximate surface area is 122 Å². The van der Waals surface area contributed by atoms with E-state index in [1.807, 2.05) is 0 Å². The van der Waals surface area contributed by atoms with Gasteiger partial charge in [-0.15, -0.1) is 0 Å². The van der Waals surface area contributed by atoms with Crippen LogP contribution in [-0.4, -0.2) is 30.7 Å². The fourth-order valence-corrected chi connectivity index (χ4v) is 1.95. The first kappa shape index (κ1) is 16.6. The molecule has 112 valence electrons. The second-order valence-corrected chi connectivity index (χ2v) is 4.73. The molecule has 0 amide bonds. The SMILES string of the molecule is CCOC(=O)C(F)(F)[C@@H](N)c1cc(Br)c(O)c(OC)c1. The summed E-state index contributed by atoms with van der Waals surface area (Å²) in [6, 6.07) is 0.403. The van der Waals surface area contributed by atoms with E-state index in [4.69, 9.17) is 10.5 Å². The molecule has 20 heavy (non-hydrogen) atoms. The molecular weight excluding hydrogens is 340 g/mol. The van der Waals surface area contributed by atoms with E-state index in [0.717, 1.165) is 6.07 Å². The number of methoxy groups -OCH3 is 1. The summed E-state index contributed by atoms with van der Waals surface area (Å²) < 4.78 is 36.9. The van der Waals surface area contributed by atoms with Crippen LogP contribution in [0.2, 0.25) is 0 Å². The number of hydrogen-bond donors (Lipinski definition) is 2. The van der Waals surface area contributed by atoms with Crippen molar-refractivity contribution in [2.45, 2.75) is 18.9 Å². The molecule has 3 N–H and O–H groups in total. The lowest BCUT2D eigenvalue weighted by atomic mass is 10.0. The van der Waals surface area contributed by atoms with E-state index in [9.17, 15) is 18.7 Å². The zero-order valence-electron chi connectivity index (χ0n) is 10.8. The van der Waals surface area contributed by atoms with Gasteiger partial charge in [0.1, 0.15) is 6.04 Å². The third-order valence-electron chi connectivity index (χ3n) is 2.57. The molecule has 0 aliphatic carbocycles. The predicted molar refractivity (Wildman–Crippen MR) is 70.9 cm³/mol. The van der Waals surface area contributed by atoms with Crippen LogP contribution in [0.25, 0.3) is 0 Å². The summed E-state index contributed by atoms with van der Waals surface area (Å²) in [5.74, 6) is -5.87. The first-order chi connectivity index (χ1) is 9.25. The number of carbonyl (C=O) groups excluding carboxylic acids is 1. The number of ether oxygens (including phenoxy) is 2. The number of nitrogens with two attached hydrogens (primary N) is 1. The van der Waals surface area contributed by atoms with Crippen molar-refractivity contribution in [3.63, 3.8) is 0 Å². The van der Waals surface area contributed by atoms with E-state index >= 15 is 0 Å². The maximum Gasteiger partial charge on any atom is 0.379 e. The minimum absolute atomic E-state index is 0.0375. The maximum absolute atomic E-state index is 13.8. The Morgan fingerprint density at radius 2 is 2.15 bits per heavy atom. The van der Waals surface area contributed by atoms with E-state index < -0.39 is 17.9 Å². The van der Waals surface area contributed by atoms with Crippen LogP contribution < -0.4 is 10.5 Å². The largest absolute Gasteiger partial charge is 0.503 e. The van der Waals surface area contributed by atoms with Crippen molar-refractivity contribution in [3.8, 4) is 11.5 Å². The van der Waals surface area contributed by atoms with Crippen LogP contribution in [0.4, 0.5) is 8.78 Å². The number of hydrogen-bond acceptors (Lipinski definition) is 5. The number of aromatic hydroxyl groups is 1. The molecule has 0 bridgehead atoms. The molecule has 1 aromatic rings. The summed E-state index contributed by atoms with van der Waals surface area (Å²) in [5.41, 5.74) is 5.36. The topological polar surface area (TPSA) is 81.8 Å². The molecule has 5 nitrogen and oxygen atoms in total. The third kappa shape index (κ3) is 3.18. The summed E-state index contributed by atoms with van der Waals surface area (Å²) in [7, 11) is 1.26. The van der Waals surface area contributed by atoms with Gasteiger partial charge in [0.05, 0.1) is 18.2 Å². The van der Waals surface area contributed by atoms with Crippen LogP contribution in [0.5, 0.6) is 11.5 Å². The van der Waals surface area contributed by atoms with E-state index in [-0.39, 0.29) is 28.1 Å². The van der Waals surface area contributed by atoms with Gasteiger partial charge in [0.2, 0.25) is 0 Å². The first-order valence-corrected chi connectivity index (χ1v) is 6.42. The number of rotatable bonds is 5. The maximum atomic E-state index is 13.8. The van der Waals surface area contributed by atoms with Gasteiger partial charge in [-0.1, -0.05) is 0 Å². The first-order valence-electron chi connectivity index (χ1n) is 5.62. The Balaban J connectivity index is 3.17. The van der Waals surface area contributed by atoms with E-state index in [2.05, 4.69) is 20.7 Å². The van der Waals surface area contributed by atoms with Crippen molar-refractivity contribution in [1.82, 2.24) is 0 Å². The highest BCUT2D eigenvalue weighted by Crippen LogP contribution is 2.39. The number of carbonyl (C=O) groups is 1. The molecule has 0 heterocycles. The van der Waals surface area contributed by atoms with Gasteiger partial charge in [-0.3, -0.25) is 0 Å². The normalized spacial score (nSPS) is 12.9.